The number of hydrogen-bond acceptors (Lipinski definition) is 2. The number of nitriles is 1. The van der Waals surface area contributed by atoms with E-state index in [1.54, 1.807) is 11.3 Å². The Hall–Kier alpha value is -0.750. The summed E-state index contributed by atoms with van der Waals surface area (Å²) >= 11 is 13.5. The molecule has 1 aromatic carbocycles. The zero-order valence-corrected chi connectivity index (χ0v) is 9.38. The Balaban J connectivity index is 2.67. The van der Waals surface area contributed by atoms with E-state index in [1.165, 1.54) is 0 Å². The van der Waals surface area contributed by atoms with E-state index in [0.717, 1.165) is 20.7 Å². The lowest BCUT2D eigenvalue weighted by Gasteiger charge is -1.99. The maximum atomic E-state index is 8.59. The molecular weight excluding hydrogens is 237 g/mol. The fourth-order valence-corrected chi connectivity index (χ4v) is 2.72. The van der Waals surface area contributed by atoms with Crippen molar-refractivity contribution in [2.24, 2.45) is 0 Å². The molecular formula is C10H5Cl2NS. The van der Waals surface area contributed by atoms with E-state index in [2.05, 4.69) is 6.07 Å². The number of rotatable bonds is 1. The van der Waals surface area contributed by atoms with Crippen LogP contribution in [-0.2, 0) is 6.42 Å². The summed E-state index contributed by atoms with van der Waals surface area (Å²) in [6.45, 7) is 0. The van der Waals surface area contributed by atoms with Gasteiger partial charge in [0.1, 0.15) is 0 Å². The molecule has 0 fully saturated rings. The summed E-state index contributed by atoms with van der Waals surface area (Å²) in [7, 11) is 0. The highest BCUT2D eigenvalue weighted by atomic mass is 35.5. The highest BCUT2D eigenvalue weighted by Crippen LogP contribution is 2.34. The second-order valence-corrected chi connectivity index (χ2v) is 4.58. The molecule has 0 aliphatic rings. The molecule has 0 radical (unpaired) electrons. The molecule has 0 bridgehead atoms. The zero-order chi connectivity index (χ0) is 10.1. The van der Waals surface area contributed by atoms with Crippen LogP contribution < -0.4 is 0 Å². The Morgan fingerprint density at radius 1 is 1.29 bits per heavy atom. The first-order valence-electron chi connectivity index (χ1n) is 3.94. The molecule has 0 saturated carbocycles. The maximum absolute atomic E-state index is 8.59. The summed E-state index contributed by atoms with van der Waals surface area (Å²) in [5.74, 6) is 0. The molecule has 14 heavy (non-hydrogen) atoms. The molecule has 0 amide bonds. The highest BCUT2D eigenvalue weighted by molar-refractivity contribution is 7.17. The first-order valence-corrected chi connectivity index (χ1v) is 5.58. The van der Waals surface area contributed by atoms with Gasteiger partial charge in [0.05, 0.1) is 17.5 Å². The lowest BCUT2D eigenvalue weighted by Crippen LogP contribution is -1.82. The number of halogens is 2. The molecule has 2 aromatic rings. The van der Waals surface area contributed by atoms with Crippen molar-refractivity contribution in [2.75, 3.05) is 0 Å². The molecule has 0 N–H and O–H groups in total. The van der Waals surface area contributed by atoms with E-state index in [1.807, 2.05) is 17.5 Å². The van der Waals surface area contributed by atoms with Gasteiger partial charge < -0.3 is 0 Å². The standard InChI is InChI=1S/C10H5Cl2NS/c11-8-4-7-9(12)5-14-10(7)3-6(8)1-2-13/h3-5H,1H2. The molecule has 70 valence electrons. The number of nitrogens with zero attached hydrogens (tertiary/aromatic N) is 1. The van der Waals surface area contributed by atoms with E-state index in [-0.39, 0.29) is 0 Å². The van der Waals surface area contributed by atoms with Crippen molar-refractivity contribution < 1.29 is 0 Å². The first kappa shape index (κ1) is 9.79. The van der Waals surface area contributed by atoms with Crippen molar-refractivity contribution in [1.29, 1.82) is 5.26 Å². The van der Waals surface area contributed by atoms with E-state index in [4.69, 9.17) is 28.5 Å². The molecule has 0 unspecified atom stereocenters. The van der Waals surface area contributed by atoms with Crippen LogP contribution in [0.4, 0.5) is 0 Å². The SMILES string of the molecule is N#CCc1cc2scc(Cl)c2cc1Cl. The maximum Gasteiger partial charge on any atom is 0.0670 e. The third-order valence-electron chi connectivity index (χ3n) is 1.96. The monoisotopic (exact) mass is 241 g/mol. The average Bonchev–Trinajstić information content (AvgIpc) is 2.50. The van der Waals surface area contributed by atoms with E-state index in [9.17, 15) is 0 Å². The number of thiophene rings is 1. The van der Waals surface area contributed by atoms with Gasteiger partial charge in [-0.25, -0.2) is 0 Å². The minimum Gasteiger partial charge on any atom is -0.198 e. The molecule has 2 rings (SSSR count). The molecule has 1 heterocycles. The topological polar surface area (TPSA) is 23.8 Å². The van der Waals surface area contributed by atoms with Crippen LogP contribution in [0, 0.1) is 11.3 Å². The van der Waals surface area contributed by atoms with Crippen LogP contribution in [0.15, 0.2) is 17.5 Å². The first-order chi connectivity index (χ1) is 6.72. The normalized spacial score (nSPS) is 10.4. The molecule has 0 saturated heterocycles. The van der Waals surface area contributed by atoms with Crippen molar-refractivity contribution >= 4 is 44.6 Å². The van der Waals surface area contributed by atoms with Gasteiger partial charge in [-0.2, -0.15) is 5.26 Å². The molecule has 0 aliphatic carbocycles. The van der Waals surface area contributed by atoms with Crippen molar-refractivity contribution in [3.63, 3.8) is 0 Å². The molecule has 4 heteroatoms. The minimum atomic E-state index is 0.338. The summed E-state index contributed by atoms with van der Waals surface area (Å²) in [6, 6.07) is 5.83. The second kappa shape index (κ2) is 3.78. The zero-order valence-electron chi connectivity index (χ0n) is 7.05. The largest absolute Gasteiger partial charge is 0.198 e. The average molecular weight is 242 g/mol. The molecule has 0 aliphatic heterocycles. The van der Waals surface area contributed by atoms with Crippen molar-refractivity contribution in [3.8, 4) is 6.07 Å². The summed E-state index contributed by atoms with van der Waals surface area (Å²) in [4.78, 5) is 0. The second-order valence-electron chi connectivity index (χ2n) is 2.86. The van der Waals surface area contributed by atoms with Gasteiger partial charge in [0.2, 0.25) is 0 Å². The van der Waals surface area contributed by atoms with Crippen molar-refractivity contribution in [2.45, 2.75) is 6.42 Å². The number of hydrogen-bond donors (Lipinski definition) is 0. The predicted molar refractivity (Wildman–Crippen MR) is 61.2 cm³/mol. The van der Waals surface area contributed by atoms with Crippen molar-refractivity contribution in [3.05, 3.63) is 33.1 Å². The Bertz CT molecular complexity index is 525. The Labute approximate surface area is 95.5 Å². The number of benzene rings is 1. The van der Waals surface area contributed by atoms with Gasteiger partial charge in [-0.05, 0) is 17.7 Å². The molecule has 0 spiro atoms. The van der Waals surface area contributed by atoms with Gasteiger partial charge >= 0.3 is 0 Å². The van der Waals surface area contributed by atoms with Crippen LogP contribution >= 0.6 is 34.5 Å². The third-order valence-corrected chi connectivity index (χ3v) is 3.70. The van der Waals surface area contributed by atoms with Crippen LogP contribution in [0.5, 0.6) is 0 Å². The minimum absolute atomic E-state index is 0.338. The van der Waals surface area contributed by atoms with Crippen LogP contribution in [0.1, 0.15) is 5.56 Å². The Kier molecular flexibility index (Phi) is 2.64. The van der Waals surface area contributed by atoms with E-state index >= 15 is 0 Å². The van der Waals surface area contributed by atoms with Gasteiger partial charge in [0, 0.05) is 20.5 Å². The Morgan fingerprint density at radius 3 is 2.79 bits per heavy atom. The predicted octanol–water partition coefficient (Wildman–Crippen LogP) is 4.27. The molecule has 1 aromatic heterocycles. The van der Waals surface area contributed by atoms with Crippen LogP contribution in [0.3, 0.4) is 0 Å². The quantitative estimate of drug-likeness (QED) is 0.732. The lowest BCUT2D eigenvalue weighted by molar-refractivity contribution is 1.27. The molecule has 0 atom stereocenters. The summed E-state index contributed by atoms with van der Waals surface area (Å²) in [5, 5.41) is 12.8. The van der Waals surface area contributed by atoms with Crippen molar-refractivity contribution in [1.82, 2.24) is 0 Å². The van der Waals surface area contributed by atoms with Crippen LogP contribution in [0.25, 0.3) is 10.1 Å². The number of fused-ring (bicyclic) bond motifs is 1. The van der Waals surface area contributed by atoms with Crippen LogP contribution in [-0.4, -0.2) is 0 Å². The van der Waals surface area contributed by atoms with E-state index < -0.39 is 0 Å². The van der Waals surface area contributed by atoms with Gasteiger partial charge in [0.15, 0.2) is 0 Å². The lowest BCUT2D eigenvalue weighted by atomic mass is 10.1. The van der Waals surface area contributed by atoms with Gasteiger partial charge in [-0.3, -0.25) is 0 Å². The summed E-state index contributed by atoms with van der Waals surface area (Å²) < 4.78 is 1.07. The summed E-state index contributed by atoms with van der Waals surface area (Å²) in [6.07, 6.45) is 0.338. The van der Waals surface area contributed by atoms with Gasteiger partial charge in [-0.15, -0.1) is 11.3 Å². The fourth-order valence-electron chi connectivity index (χ4n) is 1.28. The highest BCUT2D eigenvalue weighted by Gasteiger charge is 2.06. The molecule has 1 nitrogen and oxygen atoms in total. The van der Waals surface area contributed by atoms with Crippen LogP contribution in [0.2, 0.25) is 10.0 Å². The Morgan fingerprint density at radius 2 is 2.07 bits per heavy atom. The smallest absolute Gasteiger partial charge is 0.0670 e. The van der Waals surface area contributed by atoms with Gasteiger partial charge in [-0.1, -0.05) is 23.2 Å². The van der Waals surface area contributed by atoms with Gasteiger partial charge in [0.25, 0.3) is 0 Å². The summed E-state index contributed by atoms with van der Waals surface area (Å²) in [5.41, 5.74) is 0.861. The van der Waals surface area contributed by atoms with E-state index in [0.29, 0.717) is 11.4 Å². The third kappa shape index (κ3) is 1.59. The fraction of sp³-hybridized carbons (Fsp3) is 0.100.